The lowest BCUT2D eigenvalue weighted by atomic mass is 10.1. The number of oxazole rings is 1. The van der Waals surface area contributed by atoms with E-state index in [2.05, 4.69) is 15.6 Å². The Hall–Kier alpha value is -1.88. The number of hydrogen-bond acceptors (Lipinski definition) is 4. The molecule has 1 saturated heterocycles. The standard InChI is InChI=1S/C14H17N3O2/c1-9-3-2-4-11-13(9)17-12(19-11)6-8-16-14(18)10-5-7-15-10/h2-4,10,15H,5-8H2,1H3,(H,16,18)/t10-/m1/s1. The minimum atomic E-state index is -0.00845. The molecule has 100 valence electrons. The molecule has 1 amide bonds. The van der Waals surface area contributed by atoms with Crippen LogP contribution in [-0.2, 0) is 11.2 Å². The van der Waals surface area contributed by atoms with Gasteiger partial charge in [-0.25, -0.2) is 4.98 Å². The predicted octanol–water partition coefficient (Wildman–Crippen LogP) is 1.16. The van der Waals surface area contributed by atoms with Crippen LogP contribution in [0.5, 0.6) is 0 Å². The van der Waals surface area contributed by atoms with Crippen molar-refractivity contribution in [3.8, 4) is 0 Å². The molecule has 0 unspecified atom stereocenters. The van der Waals surface area contributed by atoms with E-state index in [9.17, 15) is 4.79 Å². The maximum absolute atomic E-state index is 11.6. The summed E-state index contributed by atoms with van der Waals surface area (Å²) in [6.07, 6.45) is 1.54. The van der Waals surface area contributed by atoms with E-state index < -0.39 is 0 Å². The smallest absolute Gasteiger partial charge is 0.237 e. The molecule has 5 heteroatoms. The van der Waals surface area contributed by atoms with E-state index in [1.54, 1.807) is 0 Å². The van der Waals surface area contributed by atoms with E-state index in [4.69, 9.17) is 4.42 Å². The summed E-state index contributed by atoms with van der Waals surface area (Å²) in [7, 11) is 0. The van der Waals surface area contributed by atoms with Gasteiger partial charge in [-0.05, 0) is 31.5 Å². The first-order chi connectivity index (χ1) is 9.24. The van der Waals surface area contributed by atoms with Gasteiger partial charge in [-0.2, -0.15) is 0 Å². The lowest BCUT2D eigenvalue weighted by molar-refractivity contribution is -0.124. The molecule has 0 saturated carbocycles. The summed E-state index contributed by atoms with van der Waals surface area (Å²) in [5, 5.41) is 5.96. The molecule has 1 aromatic carbocycles. The van der Waals surface area contributed by atoms with Crippen LogP contribution in [0.1, 0.15) is 17.9 Å². The number of hydrogen-bond donors (Lipinski definition) is 2. The number of carbonyl (C=O) groups excluding carboxylic acids is 1. The number of aromatic nitrogens is 1. The summed E-state index contributed by atoms with van der Waals surface area (Å²) in [5.74, 6) is 0.740. The fourth-order valence-corrected chi connectivity index (χ4v) is 2.17. The Balaban J connectivity index is 1.59. The van der Waals surface area contributed by atoms with Gasteiger partial charge in [0.1, 0.15) is 5.52 Å². The third-order valence-electron chi connectivity index (χ3n) is 3.44. The molecule has 1 aliphatic rings. The van der Waals surface area contributed by atoms with Crippen LogP contribution in [0.25, 0.3) is 11.1 Å². The van der Waals surface area contributed by atoms with Gasteiger partial charge in [0.25, 0.3) is 0 Å². The number of aryl methyl sites for hydroxylation is 1. The second-order valence-electron chi connectivity index (χ2n) is 4.87. The number of rotatable bonds is 4. The lowest BCUT2D eigenvalue weighted by Gasteiger charge is -2.26. The fraction of sp³-hybridized carbons (Fsp3) is 0.429. The summed E-state index contributed by atoms with van der Waals surface area (Å²) in [5.41, 5.74) is 2.82. The van der Waals surface area contributed by atoms with Gasteiger partial charge in [-0.3, -0.25) is 4.79 Å². The molecule has 1 atom stereocenters. The van der Waals surface area contributed by atoms with Gasteiger partial charge < -0.3 is 15.1 Å². The molecule has 3 rings (SSSR count). The highest BCUT2D eigenvalue weighted by molar-refractivity contribution is 5.82. The van der Waals surface area contributed by atoms with Crippen molar-refractivity contribution in [3.05, 3.63) is 29.7 Å². The van der Waals surface area contributed by atoms with Crippen LogP contribution in [0.15, 0.2) is 22.6 Å². The predicted molar refractivity (Wildman–Crippen MR) is 71.9 cm³/mol. The number of nitrogens with one attached hydrogen (secondary N) is 2. The number of nitrogens with zero attached hydrogens (tertiary/aromatic N) is 1. The van der Waals surface area contributed by atoms with Crippen molar-refractivity contribution in [1.29, 1.82) is 0 Å². The highest BCUT2D eigenvalue weighted by Crippen LogP contribution is 2.18. The van der Waals surface area contributed by atoms with Crippen LogP contribution < -0.4 is 10.6 Å². The van der Waals surface area contributed by atoms with E-state index in [-0.39, 0.29) is 11.9 Å². The first-order valence-electron chi connectivity index (χ1n) is 6.60. The normalized spacial score (nSPS) is 18.3. The Morgan fingerprint density at radius 1 is 1.58 bits per heavy atom. The van der Waals surface area contributed by atoms with E-state index in [0.717, 1.165) is 29.6 Å². The van der Waals surface area contributed by atoms with Crippen molar-refractivity contribution < 1.29 is 9.21 Å². The number of amides is 1. The topological polar surface area (TPSA) is 67.2 Å². The summed E-state index contributed by atoms with van der Waals surface area (Å²) in [6, 6.07) is 5.87. The Labute approximate surface area is 111 Å². The molecule has 19 heavy (non-hydrogen) atoms. The number of carbonyl (C=O) groups is 1. The first kappa shape index (κ1) is 12.2. The second kappa shape index (κ2) is 5.01. The van der Waals surface area contributed by atoms with Crippen LogP contribution in [0.3, 0.4) is 0 Å². The second-order valence-corrected chi connectivity index (χ2v) is 4.87. The molecule has 2 N–H and O–H groups in total. The quantitative estimate of drug-likeness (QED) is 0.864. The zero-order chi connectivity index (χ0) is 13.2. The van der Waals surface area contributed by atoms with Gasteiger partial charge in [0.05, 0.1) is 6.04 Å². The maximum atomic E-state index is 11.6. The van der Waals surface area contributed by atoms with Crippen LogP contribution >= 0.6 is 0 Å². The van der Waals surface area contributed by atoms with E-state index in [0.29, 0.717) is 18.9 Å². The Kier molecular flexibility index (Phi) is 3.21. The van der Waals surface area contributed by atoms with E-state index in [1.165, 1.54) is 0 Å². The molecular formula is C14H17N3O2. The van der Waals surface area contributed by atoms with Crippen molar-refractivity contribution in [3.63, 3.8) is 0 Å². The molecule has 5 nitrogen and oxygen atoms in total. The molecule has 1 aromatic heterocycles. The van der Waals surface area contributed by atoms with Crippen LogP contribution in [0, 0.1) is 6.92 Å². The van der Waals surface area contributed by atoms with Gasteiger partial charge in [0.15, 0.2) is 11.5 Å². The fourth-order valence-electron chi connectivity index (χ4n) is 2.17. The van der Waals surface area contributed by atoms with Crippen LogP contribution in [-0.4, -0.2) is 30.0 Å². The lowest BCUT2D eigenvalue weighted by Crippen LogP contribution is -2.53. The van der Waals surface area contributed by atoms with Crippen molar-refractivity contribution in [2.75, 3.05) is 13.1 Å². The highest BCUT2D eigenvalue weighted by Gasteiger charge is 2.23. The number of benzene rings is 1. The minimum absolute atomic E-state index is 0.00845. The third kappa shape index (κ3) is 2.46. The number of para-hydroxylation sites is 1. The Morgan fingerprint density at radius 3 is 3.11 bits per heavy atom. The van der Waals surface area contributed by atoms with Crippen molar-refractivity contribution in [2.45, 2.75) is 25.8 Å². The molecule has 0 spiro atoms. The summed E-state index contributed by atoms with van der Waals surface area (Å²) in [4.78, 5) is 16.1. The monoisotopic (exact) mass is 259 g/mol. The molecule has 1 aliphatic heterocycles. The van der Waals surface area contributed by atoms with Gasteiger partial charge in [0.2, 0.25) is 5.91 Å². The summed E-state index contributed by atoms with van der Waals surface area (Å²) >= 11 is 0. The molecule has 0 aliphatic carbocycles. The Bertz CT molecular complexity index is 602. The zero-order valence-electron chi connectivity index (χ0n) is 10.9. The largest absolute Gasteiger partial charge is 0.441 e. The van der Waals surface area contributed by atoms with Gasteiger partial charge >= 0.3 is 0 Å². The van der Waals surface area contributed by atoms with E-state index in [1.807, 2.05) is 25.1 Å². The van der Waals surface area contributed by atoms with Gasteiger partial charge in [-0.15, -0.1) is 0 Å². The van der Waals surface area contributed by atoms with E-state index >= 15 is 0 Å². The summed E-state index contributed by atoms with van der Waals surface area (Å²) < 4.78 is 5.65. The molecule has 0 radical (unpaired) electrons. The van der Waals surface area contributed by atoms with Gasteiger partial charge in [-0.1, -0.05) is 12.1 Å². The molecule has 1 fully saturated rings. The van der Waals surface area contributed by atoms with Gasteiger partial charge in [0, 0.05) is 13.0 Å². The molecule has 0 bridgehead atoms. The van der Waals surface area contributed by atoms with Crippen molar-refractivity contribution in [2.24, 2.45) is 0 Å². The third-order valence-corrected chi connectivity index (χ3v) is 3.44. The van der Waals surface area contributed by atoms with Crippen LogP contribution in [0.4, 0.5) is 0 Å². The molecule has 2 heterocycles. The minimum Gasteiger partial charge on any atom is -0.441 e. The maximum Gasteiger partial charge on any atom is 0.237 e. The molecular weight excluding hydrogens is 242 g/mol. The first-order valence-corrected chi connectivity index (χ1v) is 6.60. The SMILES string of the molecule is Cc1cccc2oc(CCNC(=O)[C@H]3CCN3)nc12. The average molecular weight is 259 g/mol. The van der Waals surface area contributed by atoms with Crippen LogP contribution in [0.2, 0.25) is 0 Å². The summed E-state index contributed by atoms with van der Waals surface area (Å²) in [6.45, 7) is 3.50. The average Bonchev–Trinajstić information content (AvgIpc) is 2.71. The Morgan fingerprint density at radius 2 is 2.42 bits per heavy atom. The highest BCUT2D eigenvalue weighted by atomic mass is 16.3. The number of fused-ring (bicyclic) bond motifs is 1. The zero-order valence-corrected chi connectivity index (χ0v) is 10.9. The van der Waals surface area contributed by atoms with Crippen molar-refractivity contribution in [1.82, 2.24) is 15.6 Å². The van der Waals surface area contributed by atoms with Crippen molar-refractivity contribution >= 4 is 17.0 Å². The molecule has 2 aromatic rings.